The highest BCUT2D eigenvalue weighted by Crippen LogP contribution is 2.24. The maximum Gasteiger partial charge on any atom is 0.326 e. The SMILES string of the molecule is O=C(O)CC(NC(=O)NCC1CCCCS1)C(=O)O. The Kier molecular flexibility index (Phi) is 6.48. The summed E-state index contributed by atoms with van der Waals surface area (Å²) in [7, 11) is 0. The van der Waals surface area contributed by atoms with Crippen molar-refractivity contribution >= 4 is 29.7 Å². The fourth-order valence-electron chi connectivity index (χ4n) is 1.76. The summed E-state index contributed by atoms with van der Waals surface area (Å²) in [6.07, 6.45) is 2.72. The Morgan fingerprint density at radius 1 is 1.26 bits per heavy atom. The molecule has 7 nitrogen and oxygen atoms in total. The van der Waals surface area contributed by atoms with Gasteiger partial charge in [0.1, 0.15) is 6.04 Å². The number of amides is 2. The van der Waals surface area contributed by atoms with Crippen LogP contribution in [0.25, 0.3) is 0 Å². The lowest BCUT2D eigenvalue weighted by molar-refractivity contribution is -0.145. The zero-order chi connectivity index (χ0) is 14.3. The molecule has 1 rings (SSSR count). The van der Waals surface area contributed by atoms with Crippen LogP contribution in [0.3, 0.4) is 0 Å². The molecule has 1 saturated heterocycles. The van der Waals surface area contributed by atoms with Crippen LogP contribution in [-0.2, 0) is 9.59 Å². The number of rotatable bonds is 6. The van der Waals surface area contributed by atoms with E-state index in [9.17, 15) is 14.4 Å². The van der Waals surface area contributed by atoms with Crippen molar-refractivity contribution in [3.63, 3.8) is 0 Å². The van der Waals surface area contributed by atoms with E-state index in [1.165, 1.54) is 6.42 Å². The Morgan fingerprint density at radius 2 is 2.00 bits per heavy atom. The van der Waals surface area contributed by atoms with Crippen molar-refractivity contribution < 1.29 is 24.6 Å². The number of hydrogen-bond acceptors (Lipinski definition) is 4. The molecule has 19 heavy (non-hydrogen) atoms. The van der Waals surface area contributed by atoms with Gasteiger partial charge in [-0.2, -0.15) is 11.8 Å². The average molecular weight is 290 g/mol. The van der Waals surface area contributed by atoms with Crippen molar-refractivity contribution in [2.45, 2.75) is 37.0 Å². The molecule has 2 unspecified atom stereocenters. The molecule has 0 aromatic heterocycles. The molecule has 2 atom stereocenters. The number of carboxylic acids is 2. The van der Waals surface area contributed by atoms with Gasteiger partial charge in [0.15, 0.2) is 0 Å². The molecule has 4 N–H and O–H groups in total. The van der Waals surface area contributed by atoms with Gasteiger partial charge in [-0.3, -0.25) is 4.79 Å². The lowest BCUT2D eigenvalue weighted by Crippen LogP contribution is -2.48. The van der Waals surface area contributed by atoms with Crippen molar-refractivity contribution in [3.05, 3.63) is 0 Å². The number of nitrogens with one attached hydrogen (secondary N) is 2. The standard InChI is InChI=1S/C11H18N2O5S/c14-9(15)5-8(10(16)17)13-11(18)12-6-7-3-1-2-4-19-7/h7-8H,1-6H2,(H,14,15)(H,16,17)(H2,12,13,18). The Morgan fingerprint density at radius 3 is 2.53 bits per heavy atom. The van der Waals surface area contributed by atoms with Crippen LogP contribution in [0, 0.1) is 0 Å². The third kappa shape index (κ3) is 6.32. The maximum atomic E-state index is 11.5. The zero-order valence-corrected chi connectivity index (χ0v) is 11.2. The lowest BCUT2D eigenvalue weighted by atomic mass is 10.2. The molecule has 1 aliphatic heterocycles. The molecule has 0 aromatic rings. The van der Waals surface area contributed by atoms with Gasteiger partial charge in [0.25, 0.3) is 0 Å². The molecule has 8 heteroatoms. The van der Waals surface area contributed by atoms with Gasteiger partial charge in [-0.05, 0) is 18.6 Å². The quantitative estimate of drug-likeness (QED) is 0.566. The monoisotopic (exact) mass is 290 g/mol. The van der Waals surface area contributed by atoms with E-state index in [2.05, 4.69) is 10.6 Å². The van der Waals surface area contributed by atoms with Crippen LogP contribution in [-0.4, -0.2) is 51.8 Å². The summed E-state index contributed by atoms with van der Waals surface area (Å²) < 4.78 is 0. The minimum absolute atomic E-state index is 0.349. The van der Waals surface area contributed by atoms with Crippen molar-refractivity contribution in [2.24, 2.45) is 0 Å². The second-order valence-electron chi connectivity index (χ2n) is 4.33. The number of carbonyl (C=O) groups is 3. The molecule has 1 heterocycles. The van der Waals surface area contributed by atoms with Gasteiger partial charge < -0.3 is 20.8 Å². The summed E-state index contributed by atoms with van der Waals surface area (Å²) in [6, 6.07) is -2.05. The minimum atomic E-state index is -1.41. The molecule has 0 saturated carbocycles. The minimum Gasteiger partial charge on any atom is -0.481 e. The number of hydrogen-bond donors (Lipinski definition) is 4. The molecule has 0 radical (unpaired) electrons. The lowest BCUT2D eigenvalue weighted by Gasteiger charge is -2.22. The smallest absolute Gasteiger partial charge is 0.326 e. The van der Waals surface area contributed by atoms with Crippen molar-refractivity contribution in [3.8, 4) is 0 Å². The van der Waals surface area contributed by atoms with Gasteiger partial charge in [-0.15, -0.1) is 0 Å². The van der Waals surface area contributed by atoms with Gasteiger partial charge in [-0.1, -0.05) is 6.42 Å². The molecule has 0 aromatic carbocycles. The Balaban J connectivity index is 2.31. The zero-order valence-electron chi connectivity index (χ0n) is 10.4. The first-order chi connectivity index (χ1) is 8.99. The summed E-state index contributed by atoms with van der Waals surface area (Å²) in [5, 5.41) is 22.4. The van der Waals surface area contributed by atoms with Crippen LogP contribution in [0.1, 0.15) is 25.7 Å². The number of aliphatic carboxylic acids is 2. The molecule has 108 valence electrons. The first-order valence-electron chi connectivity index (χ1n) is 6.09. The van der Waals surface area contributed by atoms with Crippen LogP contribution >= 0.6 is 11.8 Å². The summed E-state index contributed by atoms with van der Waals surface area (Å²) >= 11 is 1.79. The van der Waals surface area contributed by atoms with Crippen LogP contribution in [0.15, 0.2) is 0 Å². The van der Waals surface area contributed by atoms with Gasteiger partial charge >= 0.3 is 18.0 Å². The summed E-state index contributed by atoms with van der Waals surface area (Å²) in [6.45, 7) is 0.468. The number of carbonyl (C=O) groups excluding carboxylic acids is 1. The summed E-state index contributed by atoms with van der Waals surface area (Å²) in [5.41, 5.74) is 0. The highest BCUT2D eigenvalue weighted by Gasteiger charge is 2.23. The van der Waals surface area contributed by atoms with E-state index in [0.29, 0.717) is 11.8 Å². The first kappa shape index (κ1) is 15.6. The molecule has 1 fully saturated rings. The van der Waals surface area contributed by atoms with Gasteiger partial charge in [-0.25, -0.2) is 9.59 Å². The predicted molar refractivity (Wildman–Crippen MR) is 70.3 cm³/mol. The molecule has 2 amide bonds. The largest absolute Gasteiger partial charge is 0.481 e. The first-order valence-corrected chi connectivity index (χ1v) is 7.14. The van der Waals surface area contributed by atoms with Gasteiger partial charge in [0, 0.05) is 11.8 Å². The fraction of sp³-hybridized carbons (Fsp3) is 0.727. The third-order valence-corrected chi connectivity index (χ3v) is 4.14. The highest BCUT2D eigenvalue weighted by atomic mass is 32.2. The van der Waals surface area contributed by atoms with E-state index in [4.69, 9.17) is 10.2 Å². The number of thioether (sulfide) groups is 1. The number of urea groups is 1. The second-order valence-corrected chi connectivity index (χ2v) is 5.74. The van der Waals surface area contributed by atoms with E-state index in [1.54, 1.807) is 11.8 Å². The Labute approximate surface area is 115 Å². The predicted octanol–water partition coefficient (Wildman–Crippen LogP) is 0.499. The maximum absolute atomic E-state index is 11.5. The van der Waals surface area contributed by atoms with E-state index in [-0.39, 0.29) is 0 Å². The van der Waals surface area contributed by atoms with E-state index in [0.717, 1.165) is 18.6 Å². The van der Waals surface area contributed by atoms with Gasteiger partial charge in [0.2, 0.25) is 0 Å². The van der Waals surface area contributed by atoms with Crippen molar-refractivity contribution in [2.75, 3.05) is 12.3 Å². The van der Waals surface area contributed by atoms with Gasteiger partial charge in [0.05, 0.1) is 6.42 Å². The molecule has 0 aliphatic carbocycles. The molecule has 0 spiro atoms. The average Bonchev–Trinajstić information content (AvgIpc) is 2.36. The second kappa shape index (κ2) is 7.88. The van der Waals surface area contributed by atoms with Crippen molar-refractivity contribution in [1.29, 1.82) is 0 Å². The van der Waals surface area contributed by atoms with E-state index in [1.807, 2.05) is 0 Å². The third-order valence-electron chi connectivity index (χ3n) is 2.75. The topological polar surface area (TPSA) is 116 Å². The fourth-order valence-corrected chi connectivity index (χ4v) is 3.00. The number of carboxylic acid groups (broad SMARTS) is 2. The molecular weight excluding hydrogens is 272 g/mol. The van der Waals surface area contributed by atoms with Crippen molar-refractivity contribution in [1.82, 2.24) is 10.6 Å². The molecular formula is C11H18N2O5S. The Bertz CT molecular complexity index is 344. The summed E-state index contributed by atoms with van der Waals surface area (Å²) in [4.78, 5) is 32.7. The molecule has 1 aliphatic rings. The van der Waals surface area contributed by atoms with Crippen LogP contribution in [0.2, 0.25) is 0 Å². The Hall–Kier alpha value is -1.44. The van der Waals surface area contributed by atoms with Crippen LogP contribution in [0.5, 0.6) is 0 Å². The van der Waals surface area contributed by atoms with E-state index < -0.39 is 30.4 Å². The normalized spacial score (nSPS) is 20.3. The highest BCUT2D eigenvalue weighted by molar-refractivity contribution is 7.99. The van der Waals surface area contributed by atoms with Crippen LogP contribution < -0.4 is 10.6 Å². The van der Waals surface area contributed by atoms with E-state index >= 15 is 0 Å². The molecule has 0 bridgehead atoms. The van der Waals surface area contributed by atoms with Crippen LogP contribution in [0.4, 0.5) is 4.79 Å². The summed E-state index contributed by atoms with van der Waals surface area (Å²) in [5.74, 6) is -1.55.